The topological polar surface area (TPSA) is 20.3 Å². The smallest absolute Gasteiger partial charge is 0.335 e. The first-order valence-electron chi connectivity index (χ1n) is 13.3. The van der Waals surface area contributed by atoms with E-state index >= 15 is 0 Å². The Bertz CT molecular complexity index is 375. The van der Waals surface area contributed by atoms with Gasteiger partial charge in [0.1, 0.15) is 0 Å². The Hall–Kier alpha value is -0.740. The lowest BCUT2D eigenvalue weighted by atomic mass is 10.1. The van der Waals surface area contributed by atoms with Gasteiger partial charge in [0.25, 0.3) is 0 Å². The zero-order valence-corrected chi connectivity index (χ0v) is 20.5. The fourth-order valence-electron chi connectivity index (χ4n) is 4.07. The number of hydrogen-bond acceptors (Lipinski definition) is 1. The van der Waals surface area contributed by atoms with E-state index in [1.807, 2.05) is 0 Å². The maximum absolute atomic E-state index is 12.9. The lowest BCUT2D eigenvalue weighted by Crippen LogP contribution is -2.42. The van der Waals surface area contributed by atoms with Crippen LogP contribution in [0, 0.1) is 0 Å². The number of carbonyl (C=O) groups excluding carboxylic acids is 1. The van der Waals surface area contributed by atoms with Gasteiger partial charge in [-0.3, -0.25) is 4.79 Å². The van der Waals surface area contributed by atoms with Crippen molar-refractivity contribution in [2.75, 3.05) is 13.1 Å². The zero-order valence-electron chi connectivity index (χ0n) is 20.5. The molecule has 2 nitrogen and oxygen atoms in total. The minimum Gasteiger partial charge on any atom is -0.335 e. The number of carbonyl (C=O) groups is 1. The molecule has 0 aliphatic heterocycles. The van der Waals surface area contributed by atoms with Crippen LogP contribution in [0.2, 0.25) is 0 Å². The van der Waals surface area contributed by atoms with Crippen LogP contribution in [0.1, 0.15) is 142 Å². The lowest BCUT2D eigenvalue weighted by Gasteiger charge is -2.23. The van der Waals surface area contributed by atoms with Crippen molar-refractivity contribution in [1.29, 1.82) is 0 Å². The van der Waals surface area contributed by atoms with Crippen LogP contribution in [-0.4, -0.2) is 30.1 Å². The van der Waals surface area contributed by atoms with Crippen molar-refractivity contribution in [2.24, 2.45) is 0 Å². The molecule has 1 amide bonds. The Kier molecular flexibility index (Phi) is 20.6. The molecule has 0 spiro atoms. The van der Waals surface area contributed by atoms with Crippen LogP contribution in [0.4, 0.5) is 13.2 Å². The Morgan fingerprint density at radius 1 is 0.516 bits per heavy atom. The zero-order chi connectivity index (χ0) is 23.2. The molecule has 0 aliphatic carbocycles. The molecule has 0 radical (unpaired) electrons. The predicted molar refractivity (Wildman–Crippen MR) is 126 cm³/mol. The quantitative estimate of drug-likeness (QED) is 0.151. The lowest BCUT2D eigenvalue weighted by molar-refractivity contribution is -0.185. The van der Waals surface area contributed by atoms with Gasteiger partial charge < -0.3 is 4.90 Å². The van der Waals surface area contributed by atoms with E-state index in [1.54, 1.807) is 0 Å². The Morgan fingerprint density at radius 3 is 1.03 bits per heavy atom. The van der Waals surface area contributed by atoms with Gasteiger partial charge in [0.05, 0.1) is 0 Å². The molecular weight excluding hydrogens is 399 g/mol. The van der Waals surface area contributed by atoms with Crippen LogP contribution >= 0.6 is 0 Å². The molecule has 0 aromatic heterocycles. The van der Waals surface area contributed by atoms with Crippen LogP contribution < -0.4 is 0 Å². The van der Waals surface area contributed by atoms with Crippen molar-refractivity contribution in [2.45, 2.75) is 148 Å². The van der Waals surface area contributed by atoms with E-state index in [4.69, 9.17) is 0 Å². The number of halogens is 3. The normalized spacial score (nSPS) is 11.8. The number of alkyl halides is 3. The summed E-state index contributed by atoms with van der Waals surface area (Å²) in [5.41, 5.74) is 0. The minimum absolute atomic E-state index is 0.242. The molecule has 186 valence electrons. The minimum atomic E-state index is -4.75. The standard InChI is InChI=1S/C26H50F3NO/c1-3-5-7-9-11-13-15-17-19-21-23-30(25(31)26(27,28)29)24-22-20-18-16-14-12-10-8-6-4-2/h3-24H2,1-2H3. The highest BCUT2D eigenvalue weighted by atomic mass is 19.4. The molecule has 5 heteroatoms. The Balaban J connectivity index is 3.89. The molecule has 0 aromatic rings. The van der Waals surface area contributed by atoms with Gasteiger partial charge in [-0.15, -0.1) is 0 Å². The van der Waals surface area contributed by atoms with Crippen molar-refractivity contribution < 1.29 is 18.0 Å². The molecule has 0 atom stereocenters. The molecule has 0 saturated heterocycles. The first-order valence-corrected chi connectivity index (χ1v) is 13.3. The molecule has 0 aliphatic rings. The molecule has 0 N–H and O–H groups in total. The number of amides is 1. The monoisotopic (exact) mass is 449 g/mol. The second-order valence-corrected chi connectivity index (χ2v) is 9.15. The van der Waals surface area contributed by atoms with Crippen molar-refractivity contribution >= 4 is 5.91 Å². The van der Waals surface area contributed by atoms with Gasteiger partial charge in [0, 0.05) is 13.1 Å². The van der Waals surface area contributed by atoms with E-state index in [9.17, 15) is 18.0 Å². The SMILES string of the molecule is CCCCCCCCCCCCN(CCCCCCCCCCCC)C(=O)C(F)(F)F. The summed E-state index contributed by atoms with van der Waals surface area (Å²) < 4.78 is 38.7. The van der Waals surface area contributed by atoms with Gasteiger partial charge in [0.2, 0.25) is 0 Å². The highest BCUT2D eigenvalue weighted by Crippen LogP contribution is 2.20. The molecule has 0 bridgehead atoms. The van der Waals surface area contributed by atoms with Crippen molar-refractivity contribution in [3.05, 3.63) is 0 Å². The summed E-state index contributed by atoms with van der Waals surface area (Å²) in [6.07, 6.45) is 18.1. The number of unbranched alkanes of at least 4 members (excludes halogenated alkanes) is 18. The van der Waals surface area contributed by atoms with Gasteiger partial charge in [-0.2, -0.15) is 13.2 Å². The van der Waals surface area contributed by atoms with Crippen LogP contribution in [0.25, 0.3) is 0 Å². The average Bonchev–Trinajstić information content (AvgIpc) is 2.73. The van der Waals surface area contributed by atoms with E-state index in [-0.39, 0.29) is 13.1 Å². The summed E-state index contributed by atoms with van der Waals surface area (Å²) in [5.74, 6) is -1.65. The third-order valence-electron chi connectivity index (χ3n) is 6.09. The molecular formula is C26H50F3NO. The predicted octanol–water partition coefficient (Wildman–Crippen LogP) is 9.22. The largest absolute Gasteiger partial charge is 0.471 e. The van der Waals surface area contributed by atoms with Crippen LogP contribution in [0.15, 0.2) is 0 Å². The van der Waals surface area contributed by atoms with Crippen LogP contribution in [0.5, 0.6) is 0 Å². The summed E-state index contributed by atoms with van der Waals surface area (Å²) in [6.45, 7) is 4.91. The number of hydrogen-bond donors (Lipinski definition) is 0. The van der Waals surface area contributed by atoms with Crippen molar-refractivity contribution in [1.82, 2.24) is 4.90 Å². The van der Waals surface area contributed by atoms with E-state index < -0.39 is 12.1 Å². The first kappa shape index (κ1) is 30.3. The summed E-state index contributed by atoms with van der Waals surface area (Å²) in [6, 6.07) is 0. The third kappa shape index (κ3) is 19.7. The Morgan fingerprint density at radius 2 is 0.774 bits per heavy atom. The highest BCUT2D eigenvalue weighted by Gasteiger charge is 2.41. The van der Waals surface area contributed by atoms with Crippen LogP contribution in [-0.2, 0) is 4.79 Å². The summed E-state index contributed by atoms with van der Waals surface area (Å²) in [5, 5.41) is 0. The van der Waals surface area contributed by atoms with E-state index in [0.717, 1.165) is 43.4 Å². The Labute approximate surface area is 190 Å². The van der Waals surface area contributed by atoms with Gasteiger partial charge >= 0.3 is 12.1 Å². The van der Waals surface area contributed by atoms with E-state index in [0.29, 0.717) is 12.8 Å². The van der Waals surface area contributed by atoms with Gasteiger partial charge in [-0.1, -0.05) is 129 Å². The highest BCUT2D eigenvalue weighted by molar-refractivity contribution is 5.81. The second-order valence-electron chi connectivity index (χ2n) is 9.15. The van der Waals surface area contributed by atoms with Crippen molar-refractivity contribution in [3.63, 3.8) is 0 Å². The molecule has 0 saturated carbocycles. The molecule has 0 aromatic carbocycles. The number of nitrogens with zero attached hydrogens (tertiary/aromatic N) is 1. The summed E-state index contributed by atoms with van der Waals surface area (Å²) in [4.78, 5) is 12.8. The molecule has 31 heavy (non-hydrogen) atoms. The van der Waals surface area contributed by atoms with Gasteiger partial charge in [-0.25, -0.2) is 0 Å². The van der Waals surface area contributed by atoms with Gasteiger partial charge in [0.15, 0.2) is 0 Å². The average molecular weight is 450 g/mol. The maximum atomic E-state index is 12.9. The first-order chi connectivity index (χ1) is 14.9. The van der Waals surface area contributed by atoms with E-state index in [1.165, 1.54) is 77.0 Å². The van der Waals surface area contributed by atoms with E-state index in [2.05, 4.69) is 13.8 Å². The fourth-order valence-corrected chi connectivity index (χ4v) is 4.07. The third-order valence-corrected chi connectivity index (χ3v) is 6.09. The molecule has 0 rings (SSSR count). The molecule has 0 heterocycles. The summed E-state index contributed by atoms with van der Waals surface area (Å²) >= 11 is 0. The van der Waals surface area contributed by atoms with Crippen LogP contribution in [0.3, 0.4) is 0 Å². The summed E-state index contributed by atoms with van der Waals surface area (Å²) in [7, 11) is 0. The second kappa shape index (κ2) is 21.1. The fraction of sp³-hybridized carbons (Fsp3) is 0.962. The maximum Gasteiger partial charge on any atom is 0.471 e. The number of rotatable bonds is 22. The molecule has 0 fully saturated rings. The van der Waals surface area contributed by atoms with Crippen molar-refractivity contribution in [3.8, 4) is 0 Å². The molecule has 0 unspecified atom stereocenters. The van der Waals surface area contributed by atoms with Gasteiger partial charge in [-0.05, 0) is 12.8 Å².